The molecule has 3 N–H and O–H groups in total. The van der Waals surface area contributed by atoms with E-state index in [0.717, 1.165) is 18.7 Å². The van der Waals surface area contributed by atoms with Crippen molar-refractivity contribution in [3.63, 3.8) is 0 Å². The van der Waals surface area contributed by atoms with Gasteiger partial charge in [0, 0.05) is 32.2 Å². The first kappa shape index (κ1) is 15.5. The van der Waals surface area contributed by atoms with E-state index in [4.69, 9.17) is 5.73 Å². The van der Waals surface area contributed by atoms with Gasteiger partial charge in [0.2, 0.25) is 5.91 Å². The number of carbonyl (C=O) groups excluding carboxylic acids is 1. The molecular weight excluding hydrogens is 238 g/mol. The van der Waals surface area contributed by atoms with Gasteiger partial charge >= 0.3 is 0 Å². The number of anilines is 1. The van der Waals surface area contributed by atoms with Crippen LogP contribution in [0.25, 0.3) is 0 Å². The first-order chi connectivity index (χ1) is 9.17. The van der Waals surface area contributed by atoms with E-state index in [1.807, 2.05) is 25.2 Å². The van der Waals surface area contributed by atoms with Gasteiger partial charge in [0.25, 0.3) is 0 Å². The van der Waals surface area contributed by atoms with Crippen molar-refractivity contribution in [1.29, 1.82) is 0 Å². The minimum absolute atomic E-state index is 0.0961. The maximum atomic E-state index is 11.7. The van der Waals surface area contributed by atoms with Crippen molar-refractivity contribution in [2.75, 3.05) is 31.6 Å². The maximum absolute atomic E-state index is 11.7. The summed E-state index contributed by atoms with van der Waals surface area (Å²) < 4.78 is 0. The van der Waals surface area contributed by atoms with E-state index >= 15 is 0 Å². The first-order valence-electron chi connectivity index (χ1n) is 6.90. The SMILES string of the molecule is CCC(CN)CC(=O)NCCN(C)c1ccccc1. The molecule has 4 nitrogen and oxygen atoms in total. The quantitative estimate of drug-likeness (QED) is 0.749. The number of para-hydroxylation sites is 1. The normalized spacial score (nSPS) is 11.9. The van der Waals surface area contributed by atoms with Crippen molar-refractivity contribution in [2.24, 2.45) is 11.7 Å². The van der Waals surface area contributed by atoms with Crippen LogP contribution >= 0.6 is 0 Å². The van der Waals surface area contributed by atoms with Gasteiger partial charge in [0.1, 0.15) is 0 Å². The zero-order valence-corrected chi connectivity index (χ0v) is 11.9. The molecule has 1 aromatic rings. The van der Waals surface area contributed by atoms with E-state index in [0.29, 0.717) is 25.4 Å². The Morgan fingerprint density at radius 3 is 2.63 bits per heavy atom. The molecule has 0 aliphatic rings. The molecule has 0 heterocycles. The fourth-order valence-corrected chi connectivity index (χ4v) is 1.90. The second-order valence-electron chi connectivity index (χ2n) is 4.82. The van der Waals surface area contributed by atoms with Gasteiger partial charge in [-0.3, -0.25) is 4.79 Å². The fraction of sp³-hybridized carbons (Fsp3) is 0.533. The molecule has 0 fully saturated rings. The molecule has 1 rings (SSSR count). The van der Waals surface area contributed by atoms with E-state index in [9.17, 15) is 4.79 Å². The largest absolute Gasteiger partial charge is 0.373 e. The van der Waals surface area contributed by atoms with Gasteiger partial charge in [-0.1, -0.05) is 31.5 Å². The average Bonchev–Trinajstić information content (AvgIpc) is 2.45. The zero-order chi connectivity index (χ0) is 14.1. The Bertz CT molecular complexity index is 363. The number of benzene rings is 1. The molecule has 1 aromatic carbocycles. The summed E-state index contributed by atoms with van der Waals surface area (Å²) in [4.78, 5) is 13.8. The summed E-state index contributed by atoms with van der Waals surface area (Å²) in [5, 5.41) is 2.95. The third-order valence-electron chi connectivity index (χ3n) is 3.35. The predicted molar refractivity (Wildman–Crippen MR) is 80.2 cm³/mol. The molecule has 106 valence electrons. The van der Waals surface area contributed by atoms with Crippen LogP contribution in [0.5, 0.6) is 0 Å². The Balaban J connectivity index is 2.25. The van der Waals surface area contributed by atoms with Crippen molar-refractivity contribution in [3.8, 4) is 0 Å². The highest BCUT2D eigenvalue weighted by Gasteiger charge is 2.10. The van der Waals surface area contributed by atoms with Crippen LogP contribution in [-0.2, 0) is 4.79 Å². The Hall–Kier alpha value is -1.55. The lowest BCUT2D eigenvalue weighted by Crippen LogP contribution is -2.34. The number of hydrogen-bond donors (Lipinski definition) is 2. The number of nitrogens with one attached hydrogen (secondary N) is 1. The van der Waals surface area contributed by atoms with Gasteiger partial charge in [-0.2, -0.15) is 0 Å². The third-order valence-corrected chi connectivity index (χ3v) is 3.35. The summed E-state index contributed by atoms with van der Waals surface area (Å²) in [7, 11) is 2.02. The minimum atomic E-state index is 0.0961. The number of nitrogens with two attached hydrogens (primary N) is 1. The third kappa shape index (κ3) is 5.75. The Kier molecular flexibility index (Phi) is 6.97. The van der Waals surface area contributed by atoms with E-state index in [1.165, 1.54) is 0 Å². The van der Waals surface area contributed by atoms with E-state index in [2.05, 4.69) is 29.3 Å². The molecule has 19 heavy (non-hydrogen) atoms. The minimum Gasteiger partial charge on any atom is -0.373 e. The first-order valence-corrected chi connectivity index (χ1v) is 6.90. The molecule has 0 aliphatic heterocycles. The summed E-state index contributed by atoms with van der Waals surface area (Å²) in [6, 6.07) is 10.1. The molecule has 1 atom stereocenters. The van der Waals surface area contributed by atoms with Crippen LogP contribution in [0.3, 0.4) is 0 Å². The average molecular weight is 263 g/mol. The summed E-state index contributed by atoms with van der Waals surface area (Å²) >= 11 is 0. The van der Waals surface area contributed by atoms with Crippen molar-refractivity contribution in [3.05, 3.63) is 30.3 Å². The van der Waals surface area contributed by atoms with E-state index in [1.54, 1.807) is 0 Å². The van der Waals surface area contributed by atoms with Crippen LogP contribution in [0, 0.1) is 5.92 Å². The molecule has 0 saturated heterocycles. The maximum Gasteiger partial charge on any atom is 0.220 e. The lowest BCUT2D eigenvalue weighted by molar-refractivity contribution is -0.121. The zero-order valence-electron chi connectivity index (χ0n) is 11.9. The molecule has 0 aromatic heterocycles. The molecular formula is C15H25N3O. The lowest BCUT2D eigenvalue weighted by atomic mass is 10.0. The van der Waals surface area contributed by atoms with Crippen molar-refractivity contribution >= 4 is 11.6 Å². The summed E-state index contributed by atoms with van der Waals surface area (Å²) in [6.07, 6.45) is 1.48. The van der Waals surface area contributed by atoms with Gasteiger partial charge in [-0.25, -0.2) is 0 Å². The summed E-state index contributed by atoms with van der Waals surface area (Å²) in [5.41, 5.74) is 6.75. The number of carbonyl (C=O) groups is 1. The van der Waals surface area contributed by atoms with Gasteiger partial charge in [0.15, 0.2) is 0 Å². The van der Waals surface area contributed by atoms with Crippen molar-refractivity contribution in [1.82, 2.24) is 5.32 Å². The van der Waals surface area contributed by atoms with Gasteiger partial charge in [-0.05, 0) is 24.6 Å². The molecule has 4 heteroatoms. The highest BCUT2D eigenvalue weighted by molar-refractivity contribution is 5.76. The second-order valence-corrected chi connectivity index (χ2v) is 4.82. The molecule has 0 spiro atoms. The molecule has 0 aliphatic carbocycles. The molecule has 0 radical (unpaired) electrons. The van der Waals surface area contributed by atoms with Crippen LogP contribution in [0.1, 0.15) is 19.8 Å². The molecule has 1 amide bonds. The monoisotopic (exact) mass is 263 g/mol. The molecule has 0 saturated carbocycles. The lowest BCUT2D eigenvalue weighted by Gasteiger charge is -2.19. The second kappa shape index (κ2) is 8.53. The smallest absolute Gasteiger partial charge is 0.220 e. The van der Waals surface area contributed by atoms with Gasteiger partial charge in [-0.15, -0.1) is 0 Å². The highest BCUT2D eigenvalue weighted by atomic mass is 16.1. The molecule has 1 unspecified atom stereocenters. The number of rotatable bonds is 8. The Morgan fingerprint density at radius 2 is 2.05 bits per heavy atom. The van der Waals surface area contributed by atoms with Crippen LogP contribution < -0.4 is 16.0 Å². The highest BCUT2D eigenvalue weighted by Crippen LogP contribution is 2.10. The number of likely N-dealkylation sites (N-methyl/N-ethyl adjacent to an activating group) is 1. The van der Waals surface area contributed by atoms with E-state index in [-0.39, 0.29) is 5.91 Å². The van der Waals surface area contributed by atoms with Gasteiger partial charge < -0.3 is 16.0 Å². The number of hydrogen-bond acceptors (Lipinski definition) is 3. The topological polar surface area (TPSA) is 58.4 Å². The van der Waals surface area contributed by atoms with Crippen LogP contribution in [0.4, 0.5) is 5.69 Å². The van der Waals surface area contributed by atoms with E-state index < -0.39 is 0 Å². The van der Waals surface area contributed by atoms with Crippen molar-refractivity contribution in [2.45, 2.75) is 19.8 Å². The Morgan fingerprint density at radius 1 is 1.37 bits per heavy atom. The summed E-state index contributed by atoms with van der Waals surface area (Å²) in [5.74, 6) is 0.394. The predicted octanol–water partition coefficient (Wildman–Crippen LogP) is 1.61. The molecule has 0 bridgehead atoms. The number of nitrogens with zero attached hydrogens (tertiary/aromatic N) is 1. The Labute approximate surface area is 116 Å². The fourth-order valence-electron chi connectivity index (χ4n) is 1.90. The van der Waals surface area contributed by atoms with Crippen LogP contribution in [0.15, 0.2) is 30.3 Å². The van der Waals surface area contributed by atoms with Gasteiger partial charge in [0.05, 0.1) is 0 Å². The summed E-state index contributed by atoms with van der Waals surface area (Å²) in [6.45, 7) is 4.10. The van der Waals surface area contributed by atoms with Crippen LogP contribution in [0.2, 0.25) is 0 Å². The van der Waals surface area contributed by atoms with Crippen molar-refractivity contribution < 1.29 is 4.79 Å². The standard InChI is InChI=1S/C15H25N3O/c1-3-13(12-16)11-15(19)17-9-10-18(2)14-7-5-4-6-8-14/h4-8,13H,3,9-12,16H2,1-2H3,(H,17,19). The number of amides is 1. The van der Waals surface area contributed by atoms with Crippen LogP contribution in [-0.4, -0.2) is 32.6 Å².